The van der Waals surface area contributed by atoms with Crippen molar-refractivity contribution < 1.29 is 13.9 Å². The van der Waals surface area contributed by atoms with E-state index in [-0.39, 0.29) is 5.75 Å². The second-order valence-electron chi connectivity index (χ2n) is 7.31. The summed E-state index contributed by atoms with van der Waals surface area (Å²) in [5, 5.41) is 10.1. The average molecular weight is 406 g/mol. The Labute approximate surface area is 174 Å². The number of aromatic nitrogens is 1. The van der Waals surface area contributed by atoms with Crippen molar-refractivity contribution in [2.75, 3.05) is 32.0 Å². The third kappa shape index (κ3) is 4.44. The maximum absolute atomic E-state index is 14.2. The number of likely N-dealkylation sites (tertiary alicyclic amines) is 1. The minimum atomic E-state index is -0.684. The van der Waals surface area contributed by atoms with Gasteiger partial charge in [0.05, 0.1) is 23.4 Å². The standard InChI is InChI=1S/C23H23FN4O2/c24-23-14-22(30-20-7-2-1-6-18(20)26)17-12-16(15-25)21(13-19(17)27-23)29-11-5-10-28-8-3-4-9-28/h1-2,6-7,12-14H,3-5,8-11,26H2. The quantitative estimate of drug-likeness (QED) is 0.354. The molecule has 4 rings (SSSR count). The van der Waals surface area contributed by atoms with Gasteiger partial charge >= 0.3 is 0 Å². The number of nitrogens with two attached hydrogens (primary N) is 1. The molecule has 1 aliphatic heterocycles. The van der Waals surface area contributed by atoms with Crippen LogP contribution in [0, 0.1) is 17.3 Å². The van der Waals surface area contributed by atoms with E-state index in [4.69, 9.17) is 15.2 Å². The lowest BCUT2D eigenvalue weighted by molar-refractivity contribution is 0.263. The molecule has 0 aliphatic carbocycles. The predicted molar refractivity (Wildman–Crippen MR) is 113 cm³/mol. The summed E-state index contributed by atoms with van der Waals surface area (Å²) in [5.41, 5.74) is 7.07. The van der Waals surface area contributed by atoms with E-state index in [1.54, 1.807) is 36.4 Å². The van der Waals surface area contributed by atoms with Gasteiger partial charge in [0.2, 0.25) is 5.95 Å². The number of nitrogens with zero attached hydrogens (tertiary/aromatic N) is 3. The van der Waals surface area contributed by atoms with Gasteiger partial charge in [-0.1, -0.05) is 12.1 Å². The van der Waals surface area contributed by atoms with Crippen LogP contribution in [0.25, 0.3) is 10.9 Å². The molecular weight excluding hydrogens is 383 g/mol. The smallest absolute Gasteiger partial charge is 0.217 e. The number of halogens is 1. The molecule has 30 heavy (non-hydrogen) atoms. The number of para-hydroxylation sites is 2. The normalized spacial score (nSPS) is 14.0. The summed E-state index contributed by atoms with van der Waals surface area (Å²) in [6, 6.07) is 13.5. The summed E-state index contributed by atoms with van der Waals surface area (Å²) in [4.78, 5) is 6.36. The van der Waals surface area contributed by atoms with Gasteiger partial charge in [-0.2, -0.15) is 9.65 Å². The fourth-order valence-corrected chi connectivity index (χ4v) is 3.65. The lowest BCUT2D eigenvalue weighted by atomic mass is 10.1. The molecule has 0 radical (unpaired) electrons. The monoisotopic (exact) mass is 406 g/mol. The van der Waals surface area contributed by atoms with Gasteiger partial charge in [0, 0.05) is 24.1 Å². The molecule has 0 saturated carbocycles. The Morgan fingerprint density at radius 2 is 1.90 bits per heavy atom. The van der Waals surface area contributed by atoms with Gasteiger partial charge in [0.15, 0.2) is 0 Å². The summed E-state index contributed by atoms with van der Waals surface area (Å²) in [6.45, 7) is 3.73. The van der Waals surface area contributed by atoms with Crippen LogP contribution in [0.15, 0.2) is 42.5 Å². The minimum absolute atomic E-state index is 0.243. The maximum Gasteiger partial charge on any atom is 0.217 e. The number of rotatable bonds is 7. The van der Waals surface area contributed by atoms with Crippen molar-refractivity contribution >= 4 is 16.6 Å². The Bertz CT molecular complexity index is 1090. The van der Waals surface area contributed by atoms with Crippen molar-refractivity contribution in [1.82, 2.24) is 9.88 Å². The van der Waals surface area contributed by atoms with Gasteiger partial charge in [-0.3, -0.25) is 0 Å². The first-order valence-corrected chi connectivity index (χ1v) is 10.1. The number of hydrogen-bond acceptors (Lipinski definition) is 6. The Morgan fingerprint density at radius 1 is 1.10 bits per heavy atom. The average Bonchev–Trinajstić information content (AvgIpc) is 3.26. The molecule has 0 amide bonds. The number of hydrogen-bond donors (Lipinski definition) is 1. The van der Waals surface area contributed by atoms with Crippen LogP contribution >= 0.6 is 0 Å². The van der Waals surface area contributed by atoms with Gasteiger partial charge in [0.1, 0.15) is 23.3 Å². The second-order valence-corrected chi connectivity index (χ2v) is 7.31. The summed E-state index contributed by atoms with van der Waals surface area (Å²) in [5.74, 6) is 0.365. The largest absolute Gasteiger partial charge is 0.492 e. The molecule has 1 fully saturated rings. The molecule has 154 valence electrons. The molecule has 0 spiro atoms. The third-order valence-electron chi connectivity index (χ3n) is 5.18. The number of pyridine rings is 1. The fraction of sp³-hybridized carbons (Fsp3) is 0.304. The number of nitriles is 1. The molecule has 6 nitrogen and oxygen atoms in total. The van der Waals surface area contributed by atoms with Crippen LogP contribution in [-0.4, -0.2) is 36.1 Å². The molecule has 2 heterocycles. The molecule has 0 unspecified atom stereocenters. The summed E-state index contributed by atoms with van der Waals surface area (Å²) in [7, 11) is 0. The van der Waals surface area contributed by atoms with E-state index in [9.17, 15) is 9.65 Å². The zero-order valence-corrected chi connectivity index (χ0v) is 16.6. The highest BCUT2D eigenvalue weighted by molar-refractivity contribution is 5.88. The van der Waals surface area contributed by atoms with Gasteiger partial charge in [-0.25, -0.2) is 4.98 Å². The van der Waals surface area contributed by atoms with Crippen molar-refractivity contribution in [2.45, 2.75) is 19.3 Å². The molecule has 0 atom stereocenters. The van der Waals surface area contributed by atoms with Crippen LogP contribution in [0.4, 0.5) is 10.1 Å². The minimum Gasteiger partial charge on any atom is -0.492 e. The van der Waals surface area contributed by atoms with Crippen molar-refractivity contribution in [3.05, 3.63) is 54.0 Å². The highest BCUT2D eigenvalue weighted by Crippen LogP contribution is 2.35. The van der Waals surface area contributed by atoms with E-state index in [2.05, 4.69) is 16.0 Å². The van der Waals surface area contributed by atoms with E-state index in [0.29, 0.717) is 40.3 Å². The van der Waals surface area contributed by atoms with Gasteiger partial charge in [-0.15, -0.1) is 0 Å². The first-order chi connectivity index (χ1) is 14.6. The zero-order chi connectivity index (χ0) is 20.9. The molecule has 7 heteroatoms. The van der Waals surface area contributed by atoms with Crippen LogP contribution in [0.2, 0.25) is 0 Å². The Morgan fingerprint density at radius 3 is 2.67 bits per heavy atom. The molecule has 1 aliphatic rings. The lowest BCUT2D eigenvalue weighted by Crippen LogP contribution is -2.22. The summed E-state index contributed by atoms with van der Waals surface area (Å²) in [6.07, 6.45) is 3.36. The van der Waals surface area contributed by atoms with Crippen LogP contribution in [0.5, 0.6) is 17.2 Å². The molecule has 1 saturated heterocycles. The molecule has 2 N–H and O–H groups in total. The Balaban J connectivity index is 1.57. The molecule has 2 aromatic carbocycles. The van der Waals surface area contributed by atoms with Crippen molar-refractivity contribution in [3.8, 4) is 23.3 Å². The van der Waals surface area contributed by atoms with Crippen LogP contribution in [0.3, 0.4) is 0 Å². The van der Waals surface area contributed by atoms with Gasteiger partial charge in [0.25, 0.3) is 0 Å². The van der Waals surface area contributed by atoms with Crippen molar-refractivity contribution in [2.24, 2.45) is 0 Å². The lowest BCUT2D eigenvalue weighted by Gasteiger charge is -2.15. The number of anilines is 1. The van der Waals surface area contributed by atoms with Crippen LogP contribution in [0.1, 0.15) is 24.8 Å². The van der Waals surface area contributed by atoms with Crippen molar-refractivity contribution in [1.29, 1.82) is 5.26 Å². The summed E-state index contributed by atoms with van der Waals surface area (Å²) >= 11 is 0. The highest BCUT2D eigenvalue weighted by atomic mass is 19.1. The van der Waals surface area contributed by atoms with Crippen LogP contribution < -0.4 is 15.2 Å². The van der Waals surface area contributed by atoms with E-state index in [0.717, 1.165) is 26.1 Å². The van der Waals surface area contributed by atoms with E-state index >= 15 is 0 Å². The van der Waals surface area contributed by atoms with Crippen molar-refractivity contribution in [3.63, 3.8) is 0 Å². The topological polar surface area (TPSA) is 84.4 Å². The maximum atomic E-state index is 14.2. The predicted octanol–water partition coefficient (Wildman–Crippen LogP) is 4.48. The molecule has 1 aromatic heterocycles. The Hall–Kier alpha value is -3.37. The van der Waals surface area contributed by atoms with Gasteiger partial charge < -0.3 is 20.1 Å². The van der Waals surface area contributed by atoms with E-state index < -0.39 is 5.95 Å². The number of nitrogen functional groups attached to an aromatic ring is 1. The first-order valence-electron chi connectivity index (χ1n) is 10.1. The first kappa shape index (κ1) is 19.9. The molecule has 0 bridgehead atoms. The number of ether oxygens (including phenoxy) is 2. The second kappa shape index (κ2) is 8.97. The number of benzene rings is 2. The summed E-state index contributed by atoms with van der Waals surface area (Å²) < 4.78 is 25.8. The third-order valence-corrected chi connectivity index (χ3v) is 5.18. The Kier molecular flexibility index (Phi) is 5.96. The van der Waals surface area contributed by atoms with Gasteiger partial charge in [-0.05, 0) is 50.6 Å². The van der Waals surface area contributed by atoms with E-state index in [1.807, 2.05) is 0 Å². The fourth-order valence-electron chi connectivity index (χ4n) is 3.65. The molecule has 3 aromatic rings. The number of fused-ring (bicyclic) bond motifs is 1. The molecular formula is C23H23FN4O2. The highest BCUT2D eigenvalue weighted by Gasteiger charge is 2.15. The van der Waals surface area contributed by atoms with Crippen LogP contribution in [-0.2, 0) is 0 Å². The zero-order valence-electron chi connectivity index (χ0n) is 16.6. The van der Waals surface area contributed by atoms with E-state index in [1.165, 1.54) is 18.9 Å². The SMILES string of the molecule is N#Cc1cc2c(Oc3ccccc3N)cc(F)nc2cc1OCCCN1CCCC1.